The Bertz CT molecular complexity index is 204. The summed E-state index contributed by atoms with van der Waals surface area (Å²) in [7, 11) is 0. The Balaban J connectivity index is 2.52. The molecule has 0 radical (unpaired) electrons. The van der Waals surface area contributed by atoms with E-state index in [1.54, 1.807) is 0 Å². The van der Waals surface area contributed by atoms with Crippen LogP contribution >= 0.6 is 0 Å². The molecule has 0 aromatic rings. The predicted octanol–water partition coefficient (Wildman–Crippen LogP) is -1.37. The lowest BCUT2D eigenvalue weighted by atomic mass is 10.1. The molecule has 1 rings (SSSR count). The van der Waals surface area contributed by atoms with Gasteiger partial charge in [-0.1, -0.05) is 0 Å². The molecular formula is C6H10N2O3. The Labute approximate surface area is 63.8 Å². The maximum atomic E-state index is 10.8. The van der Waals surface area contributed by atoms with Crippen LogP contribution in [-0.4, -0.2) is 40.5 Å². The van der Waals surface area contributed by atoms with Gasteiger partial charge >= 0.3 is 5.97 Å². The van der Waals surface area contributed by atoms with Crippen LogP contribution < -0.4 is 5.73 Å². The lowest BCUT2D eigenvalue weighted by molar-refractivity contribution is -0.156. The van der Waals surface area contributed by atoms with E-state index in [4.69, 9.17) is 10.8 Å². The number of β-lactam (4-membered cyclic amide) rings is 1. The van der Waals surface area contributed by atoms with Crippen LogP contribution in [0, 0.1) is 0 Å². The van der Waals surface area contributed by atoms with Gasteiger partial charge in [0.05, 0.1) is 0 Å². The number of nitrogens with two attached hydrogens (primary N) is 1. The first-order valence-corrected chi connectivity index (χ1v) is 3.33. The van der Waals surface area contributed by atoms with Gasteiger partial charge in [0.15, 0.2) is 0 Å². The van der Waals surface area contributed by atoms with Gasteiger partial charge in [-0.15, -0.1) is 0 Å². The fourth-order valence-corrected chi connectivity index (χ4v) is 0.963. The van der Waals surface area contributed by atoms with Crippen LogP contribution in [0.5, 0.6) is 0 Å². The minimum atomic E-state index is -0.995. The first-order valence-electron chi connectivity index (χ1n) is 3.33. The normalized spacial score (nSPS) is 26.2. The Morgan fingerprint density at radius 2 is 2.45 bits per heavy atom. The van der Waals surface area contributed by atoms with Gasteiger partial charge in [-0.25, -0.2) is 4.79 Å². The van der Waals surface area contributed by atoms with Gasteiger partial charge in [0.1, 0.15) is 12.1 Å². The Morgan fingerprint density at radius 1 is 1.91 bits per heavy atom. The molecule has 1 amide bonds. The fraction of sp³-hybridized carbons (Fsp3) is 0.667. The van der Waals surface area contributed by atoms with Crippen LogP contribution in [0.2, 0.25) is 0 Å². The van der Waals surface area contributed by atoms with Crippen molar-refractivity contribution in [3.63, 3.8) is 0 Å². The number of nitrogens with zero attached hydrogens (tertiary/aromatic N) is 1. The van der Waals surface area contributed by atoms with E-state index in [1.165, 1.54) is 11.8 Å². The topological polar surface area (TPSA) is 83.6 Å². The monoisotopic (exact) mass is 158 g/mol. The number of carboxylic acid groups (broad SMARTS) is 1. The third-order valence-corrected chi connectivity index (χ3v) is 1.82. The van der Waals surface area contributed by atoms with Gasteiger partial charge in [0.2, 0.25) is 5.91 Å². The second kappa shape index (κ2) is 2.50. The van der Waals surface area contributed by atoms with Crippen molar-refractivity contribution in [2.75, 3.05) is 6.54 Å². The molecule has 0 spiro atoms. The standard InChI is InChI=1S/C6H10N2O3/c1-3(6(10)11)8-2-4(7)5(8)9/h3-4H,2,7H2,1H3,(H,10,11)/t3-,4-/m0/s1. The molecule has 5 heteroatoms. The highest BCUT2D eigenvalue weighted by Crippen LogP contribution is 2.11. The van der Waals surface area contributed by atoms with E-state index in [1.807, 2.05) is 0 Å². The summed E-state index contributed by atoms with van der Waals surface area (Å²) in [5.74, 6) is -1.27. The largest absolute Gasteiger partial charge is 0.480 e. The third kappa shape index (κ3) is 1.19. The summed E-state index contributed by atoms with van der Waals surface area (Å²) in [5, 5.41) is 8.49. The van der Waals surface area contributed by atoms with Crippen LogP contribution in [0.15, 0.2) is 0 Å². The summed E-state index contributed by atoms with van der Waals surface area (Å²) in [6.45, 7) is 1.82. The number of likely N-dealkylation sites (tertiary alicyclic amines) is 1. The number of hydrogen-bond donors (Lipinski definition) is 2. The highest BCUT2D eigenvalue weighted by molar-refractivity contribution is 5.91. The number of carbonyl (C=O) groups is 2. The molecule has 3 N–H and O–H groups in total. The molecule has 1 heterocycles. The fourth-order valence-electron chi connectivity index (χ4n) is 0.963. The van der Waals surface area contributed by atoms with E-state index in [0.29, 0.717) is 6.54 Å². The van der Waals surface area contributed by atoms with Gasteiger partial charge in [-0.2, -0.15) is 0 Å². The van der Waals surface area contributed by atoms with Gasteiger partial charge in [-0.05, 0) is 6.92 Å². The van der Waals surface area contributed by atoms with Crippen molar-refractivity contribution in [1.29, 1.82) is 0 Å². The van der Waals surface area contributed by atoms with Crippen molar-refractivity contribution in [2.45, 2.75) is 19.0 Å². The number of rotatable bonds is 2. The van der Waals surface area contributed by atoms with Crippen LogP contribution in [-0.2, 0) is 9.59 Å². The number of hydrogen-bond acceptors (Lipinski definition) is 3. The van der Waals surface area contributed by atoms with E-state index in [9.17, 15) is 9.59 Å². The van der Waals surface area contributed by atoms with E-state index in [-0.39, 0.29) is 5.91 Å². The van der Waals surface area contributed by atoms with Crippen LogP contribution in [0.1, 0.15) is 6.92 Å². The number of carbonyl (C=O) groups excluding carboxylic acids is 1. The molecule has 0 aromatic heterocycles. The van der Waals surface area contributed by atoms with Crippen LogP contribution in [0.4, 0.5) is 0 Å². The highest BCUT2D eigenvalue weighted by atomic mass is 16.4. The zero-order chi connectivity index (χ0) is 8.59. The summed E-state index contributed by atoms with van der Waals surface area (Å²) in [6.07, 6.45) is 0. The predicted molar refractivity (Wildman–Crippen MR) is 36.8 cm³/mol. The first kappa shape index (κ1) is 8.00. The summed E-state index contributed by atoms with van der Waals surface area (Å²) in [6, 6.07) is -1.24. The Hall–Kier alpha value is -1.10. The molecule has 1 aliphatic heterocycles. The zero-order valence-corrected chi connectivity index (χ0v) is 6.15. The SMILES string of the molecule is C[C@@H](C(=O)O)N1C[C@H](N)C1=O. The number of amides is 1. The molecule has 1 aliphatic rings. The van der Waals surface area contributed by atoms with E-state index in [0.717, 1.165) is 0 Å². The minimum absolute atomic E-state index is 0.278. The van der Waals surface area contributed by atoms with Gasteiger partial charge in [-0.3, -0.25) is 4.79 Å². The lowest BCUT2D eigenvalue weighted by Gasteiger charge is -2.38. The van der Waals surface area contributed by atoms with Crippen molar-refractivity contribution < 1.29 is 14.7 Å². The van der Waals surface area contributed by atoms with Crippen LogP contribution in [0.25, 0.3) is 0 Å². The van der Waals surface area contributed by atoms with Gasteiger partial charge in [0.25, 0.3) is 0 Å². The minimum Gasteiger partial charge on any atom is -0.480 e. The maximum Gasteiger partial charge on any atom is 0.326 e. The van der Waals surface area contributed by atoms with Crippen molar-refractivity contribution in [3.8, 4) is 0 Å². The molecule has 0 unspecified atom stereocenters. The summed E-state index contributed by atoms with van der Waals surface area (Å²) < 4.78 is 0. The average Bonchev–Trinajstić information content (AvgIpc) is 1.98. The zero-order valence-electron chi connectivity index (χ0n) is 6.15. The Morgan fingerprint density at radius 3 is 2.73 bits per heavy atom. The van der Waals surface area contributed by atoms with Crippen LogP contribution in [0.3, 0.4) is 0 Å². The van der Waals surface area contributed by atoms with Gasteiger partial charge in [0, 0.05) is 6.54 Å². The molecule has 2 atom stereocenters. The summed E-state index contributed by atoms with van der Waals surface area (Å²) in [5.41, 5.74) is 5.27. The Kier molecular flexibility index (Phi) is 1.82. The summed E-state index contributed by atoms with van der Waals surface area (Å²) in [4.78, 5) is 22.4. The first-order chi connectivity index (χ1) is 5.04. The molecule has 62 valence electrons. The van der Waals surface area contributed by atoms with Gasteiger partial charge < -0.3 is 15.7 Å². The maximum absolute atomic E-state index is 10.8. The molecule has 0 bridgehead atoms. The van der Waals surface area contributed by atoms with E-state index >= 15 is 0 Å². The quantitative estimate of drug-likeness (QED) is 0.485. The highest BCUT2D eigenvalue weighted by Gasteiger charge is 2.39. The average molecular weight is 158 g/mol. The molecular weight excluding hydrogens is 148 g/mol. The second-order valence-electron chi connectivity index (χ2n) is 2.61. The molecule has 0 aliphatic carbocycles. The molecule has 0 aromatic carbocycles. The molecule has 11 heavy (non-hydrogen) atoms. The van der Waals surface area contributed by atoms with E-state index in [2.05, 4.69) is 0 Å². The number of carboxylic acids is 1. The second-order valence-corrected chi connectivity index (χ2v) is 2.61. The third-order valence-electron chi connectivity index (χ3n) is 1.82. The molecule has 1 saturated heterocycles. The molecule has 5 nitrogen and oxygen atoms in total. The van der Waals surface area contributed by atoms with Crippen molar-refractivity contribution in [2.24, 2.45) is 5.73 Å². The van der Waals surface area contributed by atoms with Crippen molar-refractivity contribution >= 4 is 11.9 Å². The van der Waals surface area contributed by atoms with E-state index < -0.39 is 18.1 Å². The lowest BCUT2D eigenvalue weighted by Crippen LogP contribution is -2.64. The summed E-state index contributed by atoms with van der Waals surface area (Å²) >= 11 is 0. The molecule has 0 saturated carbocycles. The van der Waals surface area contributed by atoms with Crippen molar-refractivity contribution in [1.82, 2.24) is 4.90 Å². The number of aliphatic carboxylic acids is 1. The van der Waals surface area contributed by atoms with Crippen molar-refractivity contribution in [3.05, 3.63) is 0 Å². The smallest absolute Gasteiger partial charge is 0.326 e. The molecule has 1 fully saturated rings.